The number of nitriles is 1. The molecule has 0 radical (unpaired) electrons. The van der Waals surface area contributed by atoms with Gasteiger partial charge in [-0.3, -0.25) is 0 Å². The highest BCUT2D eigenvalue weighted by Gasteiger charge is 2.52. The summed E-state index contributed by atoms with van der Waals surface area (Å²) < 4.78 is 64.5. The van der Waals surface area contributed by atoms with Gasteiger partial charge in [-0.25, -0.2) is 27.1 Å². The summed E-state index contributed by atoms with van der Waals surface area (Å²) in [5.41, 5.74) is -0.639. The van der Waals surface area contributed by atoms with Crippen LogP contribution in [0.4, 0.5) is 8.78 Å². The number of hydrogen-bond acceptors (Lipinski definition) is 6. The summed E-state index contributed by atoms with van der Waals surface area (Å²) in [6.07, 6.45) is 1.79. The van der Waals surface area contributed by atoms with E-state index in [1.165, 1.54) is 4.31 Å². The van der Waals surface area contributed by atoms with Crippen molar-refractivity contribution in [1.82, 2.24) is 14.5 Å². The molecule has 1 aromatic heterocycles. The van der Waals surface area contributed by atoms with E-state index in [9.17, 15) is 13.2 Å². The third kappa shape index (κ3) is 4.38. The van der Waals surface area contributed by atoms with E-state index in [0.717, 1.165) is 12.1 Å². The van der Waals surface area contributed by atoms with E-state index in [1.807, 2.05) is 6.07 Å². The van der Waals surface area contributed by atoms with Gasteiger partial charge in [0.2, 0.25) is 15.9 Å². The molecule has 2 heterocycles. The van der Waals surface area contributed by atoms with Crippen LogP contribution in [-0.4, -0.2) is 29.0 Å². The van der Waals surface area contributed by atoms with Crippen LogP contribution in [0.25, 0.3) is 0 Å². The molecule has 2 aliphatic rings. The zero-order chi connectivity index (χ0) is 26.4. The topological polar surface area (TPSA) is 120 Å². The normalized spacial score (nSPS) is 27.4. The maximum atomic E-state index is 15.6. The molecule has 1 N–H and O–H groups in total. The van der Waals surface area contributed by atoms with Crippen LogP contribution in [0, 0.1) is 28.9 Å². The van der Waals surface area contributed by atoms with E-state index >= 15 is 8.78 Å². The minimum absolute atomic E-state index is 0.0325. The maximum absolute atomic E-state index is 15.6. The maximum Gasteiger partial charge on any atom is 0.434 e. The number of rotatable bonds is 6. The van der Waals surface area contributed by atoms with Crippen molar-refractivity contribution in [3.05, 3.63) is 87.2 Å². The number of nitrogens with one attached hydrogen (secondary N) is 1. The summed E-state index contributed by atoms with van der Waals surface area (Å²) in [5, 5.41) is 14.3. The minimum atomic E-state index is -3.83. The van der Waals surface area contributed by atoms with Crippen LogP contribution in [0.15, 0.2) is 51.7 Å². The van der Waals surface area contributed by atoms with E-state index in [1.54, 1.807) is 31.2 Å². The second-order valence-corrected chi connectivity index (χ2v) is 12.0. The van der Waals surface area contributed by atoms with E-state index in [2.05, 4.69) is 16.3 Å². The van der Waals surface area contributed by atoms with Gasteiger partial charge in [0.15, 0.2) is 0 Å². The first-order valence-electron chi connectivity index (χ1n) is 12.1. The van der Waals surface area contributed by atoms with Gasteiger partial charge in [-0.2, -0.15) is 9.57 Å². The van der Waals surface area contributed by atoms with Crippen molar-refractivity contribution in [3.63, 3.8) is 0 Å². The Hall–Kier alpha value is -3.36. The average molecular weight is 529 g/mol. The monoisotopic (exact) mass is 528 g/mol. The van der Waals surface area contributed by atoms with Gasteiger partial charge in [-0.15, -0.1) is 5.10 Å². The molecule has 2 aromatic carbocycles. The van der Waals surface area contributed by atoms with Crippen LogP contribution < -0.4 is 5.76 Å². The largest absolute Gasteiger partial charge is 0.434 e. The number of nitrogens with zero attached hydrogens (tertiary/aromatic N) is 3. The van der Waals surface area contributed by atoms with Crippen molar-refractivity contribution in [2.75, 3.05) is 0 Å². The van der Waals surface area contributed by atoms with Crippen LogP contribution in [0.1, 0.15) is 66.9 Å². The van der Waals surface area contributed by atoms with Crippen LogP contribution in [0.3, 0.4) is 0 Å². The van der Waals surface area contributed by atoms with Crippen molar-refractivity contribution in [1.29, 1.82) is 5.26 Å². The predicted octanol–water partition coefficient (Wildman–Crippen LogP) is 4.31. The Labute approximate surface area is 213 Å². The van der Waals surface area contributed by atoms with E-state index < -0.39 is 38.1 Å². The molecule has 1 saturated heterocycles. The van der Waals surface area contributed by atoms with Crippen LogP contribution in [0.2, 0.25) is 0 Å². The third-order valence-electron chi connectivity index (χ3n) is 7.68. The number of hydrogen-bond donors (Lipinski definition) is 1. The lowest BCUT2D eigenvalue weighted by atomic mass is 9.57. The van der Waals surface area contributed by atoms with Gasteiger partial charge in [-0.05, 0) is 56.2 Å². The Morgan fingerprint density at radius 1 is 1.19 bits per heavy atom. The molecule has 37 heavy (non-hydrogen) atoms. The molecule has 8 nitrogen and oxygen atoms in total. The summed E-state index contributed by atoms with van der Waals surface area (Å²) in [5.74, 6) is -2.47. The molecule has 11 heteroatoms. The van der Waals surface area contributed by atoms with Crippen molar-refractivity contribution >= 4 is 10.0 Å². The standard InChI is InChI=1S/C26H26F2N4O4S/c1-16-7-8-23(18-5-3-2-4-6-18)37(34,35)32(16)15-19-11-22(28)20(12-21(19)27)26(13-17(14-26)9-10-29)24-30-31-25(33)36-24/h2-6,11-12,16-17,23H,7-9,13-15H2,1H3,(H,31,33)/t16-,17-,23+,26-/m0/s1. The van der Waals surface area contributed by atoms with E-state index in [4.69, 9.17) is 9.68 Å². The van der Waals surface area contributed by atoms with Gasteiger partial charge in [0.1, 0.15) is 16.9 Å². The predicted molar refractivity (Wildman–Crippen MR) is 130 cm³/mol. The molecule has 1 aliphatic heterocycles. The summed E-state index contributed by atoms with van der Waals surface area (Å²) in [6, 6.07) is 12.6. The Balaban J connectivity index is 1.48. The highest BCUT2D eigenvalue weighted by atomic mass is 32.2. The van der Waals surface area contributed by atoms with Gasteiger partial charge in [-0.1, -0.05) is 30.3 Å². The second kappa shape index (κ2) is 9.50. The number of benzene rings is 2. The average Bonchev–Trinajstić information content (AvgIpc) is 3.27. The SMILES string of the molecule is C[C@H]1CC[C@H](c2ccccc2)S(=O)(=O)N1Cc1cc(F)c([C@]2(c3n[nH]c(=O)o3)C[C@H](CC#N)C2)cc1F. The molecular weight excluding hydrogens is 502 g/mol. The molecule has 0 amide bonds. The first-order chi connectivity index (χ1) is 17.7. The van der Waals surface area contributed by atoms with Gasteiger partial charge < -0.3 is 4.42 Å². The Kier molecular flexibility index (Phi) is 6.50. The Morgan fingerprint density at radius 2 is 1.92 bits per heavy atom. The summed E-state index contributed by atoms with van der Waals surface area (Å²) in [7, 11) is -3.83. The molecule has 1 saturated carbocycles. The van der Waals surface area contributed by atoms with Crippen molar-refractivity contribution < 1.29 is 21.6 Å². The highest BCUT2D eigenvalue weighted by Crippen LogP contribution is 2.53. The lowest BCUT2D eigenvalue weighted by Crippen LogP contribution is -2.45. The molecule has 194 valence electrons. The molecule has 0 unspecified atom stereocenters. The van der Waals surface area contributed by atoms with Crippen LogP contribution in [0.5, 0.6) is 0 Å². The quantitative estimate of drug-likeness (QED) is 0.509. The van der Waals surface area contributed by atoms with Crippen molar-refractivity contribution in [2.45, 2.75) is 62.3 Å². The van der Waals surface area contributed by atoms with E-state index in [0.29, 0.717) is 18.4 Å². The fourth-order valence-corrected chi connectivity index (χ4v) is 7.93. The first kappa shape index (κ1) is 25.3. The molecule has 2 atom stereocenters. The number of halogens is 2. The number of sulfonamides is 1. The van der Waals surface area contributed by atoms with Gasteiger partial charge in [0.05, 0.1) is 11.5 Å². The molecule has 5 rings (SSSR count). The Morgan fingerprint density at radius 3 is 2.57 bits per heavy atom. The lowest BCUT2D eigenvalue weighted by molar-refractivity contribution is 0.144. The number of aromatic amines is 1. The third-order valence-corrected chi connectivity index (χ3v) is 10.0. The summed E-state index contributed by atoms with van der Waals surface area (Å²) in [6.45, 7) is 1.46. The zero-order valence-corrected chi connectivity index (χ0v) is 21.0. The zero-order valence-electron chi connectivity index (χ0n) is 20.2. The molecule has 0 spiro atoms. The summed E-state index contributed by atoms with van der Waals surface area (Å²) >= 11 is 0. The molecular formula is C26H26F2N4O4S. The number of aromatic nitrogens is 2. The molecule has 0 bridgehead atoms. The number of H-pyrrole nitrogens is 1. The highest BCUT2D eigenvalue weighted by molar-refractivity contribution is 7.89. The molecule has 3 aromatic rings. The van der Waals surface area contributed by atoms with Crippen LogP contribution in [-0.2, 0) is 22.0 Å². The fraction of sp³-hybridized carbons (Fsp3) is 0.423. The fourth-order valence-electron chi connectivity index (χ4n) is 5.74. The van der Waals surface area contributed by atoms with Crippen molar-refractivity contribution in [2.24, 2.45) is 5.92 Å². The van der Waals surface area contributed by atoms with Gasteiger partial charge >= 0.3 is 5.76 Å². The summed E-state index contributed by atoms with van der Waals surface area (Å²) in [4.78, 5) is 11.6. The first-order valence-corrected chi connectivity index (χ1v) is 13.6. The smallest absolute Gasteiger partial charge is 0.392 e. The van der Waals surface area contributed by atoms with Crippen LogP contribution >= 0.6 is 0 Å². The van der Waals surface area contributed by atoms with Gasteiger partial charge in [0.25, 0.3) is 0 Å². The van der Waals surface area contributed by atoms with E-state index in [-0.39, 0.29) is 54.8 Å². The molecule has 1 aliphatic carbocycles. The minimum Gasteiger partial charge on any atom is -0.392 e. The second-order valence-electron chi connectivity index (χ2n) is 9.98. The van der Waals surface area contributed by atoms with Gasteiger partial charge in [0, 0.05) is 30.1 Å². The Bertz CT molecular complexity index is 1510. The lowest BCUT2D eigenvalue weighted by Gasteiger charge is -2.45. The molecule has 2 fully saturated rings. The van der Waals surface area contributed by atoms with Crippen molar-refractivity contribution in [3.8, 4) is 6.07 Å².